The Hall–Kier alpha value is -1.53. The Kier molecular flexibility index (Phi) is 9.40. The molecule has 0 unspecified atom stereocenters. The van der Waals surface area contributed by atoms with E-state index in [1.807, 2.05) is 12.4 Å². The largest absolute Gasteiger partial charge is 0.483 e. The van der Waals surface area contributed by atoms with E-state index in [0.717, 1.165) is 37.9 Å². The molecule has 0 aromatic carbocycles. The lowest BCUT2D eigenvalue weighted by Gasteiger charge is -2.26. The van der Waals surface area contributed by atoms with E-state index >= 15 is 0 Å². The molecule has 0 bridgehead atoms. The standard InChI is InChI=1S/C16H28N4.CH2O2/c1-4-16-17-11-14(12-18-16)13-19(2)9-10-20(3)15-7-5-6-8-15;2-1-3/h11-12,15H,4-10,13H2,1-3H3;1H,(H,2,3). The normalized spacial score (nSPS) is 14.8. The van der Waals surface area contributed by atoms with Crippen LogP contribution in [0.25, 0.3) is 0 Å². The summed E-state index contributed by atoms with van der Waals surface area (Å²) >= 11 is 0. The fourth-order valence-electron chi connectivity index (χ4n) is 2.89. The number of aryl methyl sites for hydroxylation is 1. The van der Waals surface area contributed by atoms with E-state index in [2.05, 4.69) is 40.8 Å². The van der Waals surface area contributed by atoms with Crippen molar-refractivity contribution in [1.29, 1.82) is 0 Å². The molecule has 0 spiro atoms. The van der Waals surface area contributed by atoms with E-state index < -0.39 is 0 Å². The molecule has 2 rings (SSSR count). The average Bonchev–Trinajstić information content (AvgIpc) is 3.09. The SMILES string of the molecule is CCc1ncc(CN(C)CCN(C)C2CCCC2)cn1.O=CO. The minimum absolute atomic E-state index is 0.250. The molecule has 1 aliphatic rings. The third-order valence-corrected chi connectivity index (χ3v) is 4.31. The molecule has 1 aromatic rings. The topological polar surface area (TPSA) is 69.6 Å². The Morgan fingerprint density at radius 3 is 2.30 bits per heavy atom. The van der Waals surface area contributed by atoms with Crippen molar-refractivity contribution in [3.8, 4) is 0 Å². The lowest BCUT2D eigenvalue weighted by molar-refractivity contribution is -0.122. The Balaban J connectivity index is 0.000000816. The van der Waals surface area contributed by atoms with Gasteiger partial charge in [0, 0.05) is 50.1 Å². The van der Waals surface area contributed by atoms with E-state index in [9.17, 15) is 0 Å². The van der Waals surface area contributed by atoms with Gasteiger partial charge in [0.2, 0.25) is 0 Å². The van der Waals surface area contributed by atoms with Gasteiger partial charge in [-0.3, -0.25) is 4.79 Å². The van der Waals surface area contributed by atoms with Gasteiger partial charge < -0.3 is 14.9 Å². The fourth-order valence-corrected chi connectivity index (χ4v) is 2.89. The minimum atomic E-state index is -0.250. The number of hydrogen-bond donors (Lipinski definition) is 1. The lowest BCUT2D eigenvalue weighted by atomic mass is 10.2. The van der Waals surface area contributed by atoms with Gasteiger partial charge in [0.15, 0.2) is 0 Å². The monoisotopic (exact) mass is 322 g/mol. The van der Waals surface area contributed by atoms with Gasteiger partial charge in [-0.25, -0.2) is 9.97 Å². The van der Waals surface area contributed by atoms with Crippen LogP contribution in [0, 0.1) is 0 Å². The molecule has 0 aliphatic heterocycles. The van der Waals surface area contributed by atoms with Crippen LogP contribution in [0.2, 0.25) is 0 Å². The second-order valence-electron chi connectivity index (χ2n) is 6.12. The predicted octanol–water partition coefficient (Wildman–Crippen LogP) is 2.05. The van der Waals surface area contributed by atoms with Crippen LogP contribution in [0.3, 0.4) is 0 Å². The summed E-state index contributed by atoms with van der Waals surface area (Å²) in [6.07, 6.45) is 10.4. The minimum Gasteiger partial charge on any atom is -0.483 e. The number of aromatic nitrogens is 2. The summed E-state index contributed by atoms with van der Waals surface area (Å²) in [6, 6.07) is 0.815. The molecule has 1 aromatic heterocycles. The Labute approximate surface area is 139 Å². The number of carbonyl (C=O) groups is 1. The van der Waals surface area contributed by atoms with Crippen molar-refractivity contribution in [2.45, 2.75) is 51.6 Å². The molecule has 1 N–H and O–H groups in total. The van der Waals surface area contributed by atoms with Crippen molar-refractivity contribution in [3.05, 3.63) is 23.8 Å². The first-order valence-corrected chi connectivity index (χ1v) is 8.37. The zero-order valence-corrected chi connectivity index (χ0v) is 14.6. The molecular weight excluding hydrogens is 292 g/mol. The van der Waals surface area contributed by atoms with Gasteiger partial charge in [-0.1, -0.05) is 19.8 Å². The van der Waals surface area contributed by atoms with Crippen molar-refractivity contribution in [3.63, 3.8) is 0 Å². The zero-order chi connectivity index (χ0) is 17.1. The van der Waals surface area contributed by atoms with Crippen molar-refractivity contribution < 1.29 is 9.90 Å². The number of rotatable bonds is 7. The first kappa shape index (κ1) is 19.5. The summed E-state index contributed by atoms with van der Waals surface area (Å²) in [4.78, 5) is 22.0. The second-order valence-corrected chi connectivity index (χ2v) is 6.12. The number of carboxylic acid groups (broad SMARTS) is 1. The molecule has 1 saturated carbocycles. The quantitative estimate of drug-likeness (QED) is 0.775. The Morgan fingerprint density at radius 2 is 1.78 bits per heavy atom. The van der Waals surface area contributed by atoms with Crippen LogP contribution in [0.1, 0.15) is 44.0 Å². The maximum atomic E-state index is 8.36. The van der Waals surface area contributed by atoms with E-state index in [4.69, 9.17) is 9.90 Å². The van der Waals surface area contributed by atoms with Gasteiger partial charge >= 0.3 is 0 Å². The predicted molar refractivity (Wildman–Crippen MR) is 91.3 cm³/mol. The molecule has 1 aliphatic carbocycles. The zero-order valence-electron chi connectivity index (χ0n) is 14.6. The maximum Gasteiger partial charge on any atom is 0.290 e. The van der Waals surface area contributed by atoms with Crippen molar-refractivity contribution in [2.24, 2.45) is 0 Å². The highest BCUT2D eigenvalue weighted by Crippen LogP contribution is 2.22. The molecule has 6 heteroatoms. The van der Waals surface area contributed by atoms with Gasteiger partial charge in [-0.2, -0.15) is 0 Å². The number of nitrogens with zero attached hydrogens (tertiary/aromatic N) is 4. The molecule has 0 saturated heterocycles. The summed E-state index contributed by atoms with van der Waals surface area (Å²) in [5.74, 6) is 0.928. The highest BCUT2D eigenvalue weighted by Gasteiger charge is 2.19. The summed E-state index contributed by atoms with van der Waals surface area (Å²) in [5.41, 5.74) is 1.20. The molecular formula is C17H30N4O2. The van der Waals surface area contributed by atoms with Crippen molar-refractivity contribution in [2.75, 3.05) is 27.2 Å². The smallest absolute Gasteiger partial charge is 0.290 e. The summed E-state index contributed by atoms with van der Waals surface area (Å²) in [6.45, 7) is 5.01. The fraction of sp³-hybridized carbons (Fsp3) is 0.706. The Bertz CT molecular complexity index is 433. The van der Waals surface area contributed by atoms with E-state index in [1.54, 1.807) is 0 Å². The first-order chi connectivity index (χ1) is 11.1. The summed E-state index contributed by atoms with van der Waals surface area (Å²) in [5, 5.41) is 6.89. The molecule has 130 valence electrons. The number of likely N-dealkylation sites (N-methyl/N-ethyl adjacent to an activating group) is 2. The third kappa shape index (κ3) is 7.52. The average molecular weight is 322 g/mol. The van der Waals surface area contributed by atoms with E-state index in [0.29, 0.717) is 0 Å². The van der Waals surface area contributed by atoms with Crippen LogP contribution in [-0.2, 0) is 17.8 Å². The molecule has 0 radical (unpaired) electrons. The van der Waals surface area contributed by atoms with E-state index in [-0.39, 0.29) is 6.47 Å². The van der Waals surface area contributed by atoms with Gasteiger partial charge in [0.25, 0.3) is 6.47 Å². The third-order valence-electron chi connectivity index (χ3n) is 4.31. The molecule has 1 fully saturated rings. The van der Waals surface area contributed by atoms with Crippen LogP contribution in [0.15, 0.2) is 12.4 Å². The van der Waals surface area contributed by atoms with Crippen molar-refractivity contribution >= 4 is 6.47 Å². The Morgan fingerprint density at radius 1 is 1.22 bits per heavy atom. The highest BCUT2D eigenvalue weighted by molar-refractivity contribution is 5.32. The summed E-state index contributed by atoms with van der Waals surface area (Å²) in [7, 11) is 4.44. The maximum absolute atomic E-state index is 8.36. The molecule has 0 amide bonds. The van der Waals surface area contributed by atoms with E-state index in [1.165, 1.54) is 31.2 Å². The second kappa shape index (κ2) is 11.1. The van der Waals surface area contributed by atoms with Crippen LogP contribution in [0.5, 0.6) is 0 Å². The molecule has 6 nitrogen and oxygen atoms in total. The van der Waals surface area contributed by atoms with Gasteiger partial charge in [0.1, 0.15) is 5.82 Å². The van der Waals surface area contributed by atoms with Gasteiger partial charge in [-0.05, 0) is 26.9 Å². The summed E-state index contributed by atoms with van der Waals surface area (Å²) < 4.78 is 0. The van der Waals surface area contributed by atoms with Gasteiger partial charge in [0.05, 0.1) is 0 Å². The number of hydrogen-bond acceptors (Lipinski definition) is 5. The highest BCUT2D eigenvalue weighted by atomic mass is 16.3. The molecule has 0 atom stereocenters. The first-order valence-electron chi connectivity index (χ1n) is 8.37. The lowest BCUT2D eigenvalue weighted by Crippen LogP contribution is -2.36. The van der Waals surface area contributed by atoms with Crippen LogP contribution < -0.4 is 0 Å². The van der Waals surface area contributed by atoms with Crippen molar-refractivity contribution in [1.82, 2.24) is 19.8 Å². The van der Waals surface area contributed by atoms with Crippen LogP contribution >= 0.6 is 0 Å². The van der Waals surface area contributed by atoms with Gasteiger partial charge in [-0.15, -0.1) is 0 Å². The van der Waals surface area contributed by atoms with Crippen LogP contribution in [-0.4, -0.2) is 64.6 Å². The molecule has 1 heterocycles. The molecule has 23 heavy (non-hydrogen) atoms. The van der Waals surface area contributed by atoms with Crippen LogP contribution in [0.4, 0.5) is 0 Å².